The quantitative estimate of drug-likeness (QED) is 0.634. The second-order valence-electron chi connectivity index (χ2n) is 4.33. The Bertz CT molecular complexity index is 658. The van der Waals surface area contributed by atoms with Gasteiger partial charge in [0, 0.05) is 0 Å². The van der Waals surface area contributed by atoms with Crippen LogP contribution in [0.2, 0.25) is 0 Å². The van der Waals surface area contributed by atoms with Gasteiger partial charge in [-0.3, -0.25) is 4.79 Å². The maximum Gasteiger partial charge on any atom is 0.337 e. The number of aromatic nitrogens is 2. The fraction of sp³-hybridized carbons (Fsp3) is 0.200. The molecule has 0 spiro atoms. The number of carbonyl (C=O) groups is 2. The molecule has 2 rings (SSSR count). The molecule has 21 heavy (non-hydrogen) atoms. The molecule has 0 unspecified atom stereocenters. The van der Waals surface area contributed by atoms with Gasteiger partial charge in [-0.2, -0.15) is 9.97 Å². The first kappa shape index (κ1) is 14.6. The summed E-state index contributed by atoms with van der Waals surface area (Å²) in [7, 11) is 1.32. The first-order chi connectivity index (χ1) is 10.0. The fourth-order valence-corrected chi connectivity index (χ4v) is 1.79. The topological polar surface area (TPSA) is 78.4 Å². The Labute approximate surface area is 121 Å². The van der Waals surface area contributed by atoms with Crippen molar-refractivity contribution in [1.29, 1.82) is 0 Å². The van der Waals surface area contributed by atoms with Gasteiger partial charge in [0.05, 0.1) is 29.6 Å². The lowest BCUT2D eigenvalue weighted by Crippen LogP contribution is -2.03. The van der Waals surface area contributed by atoms with Gasteiger partial charge in [0.1, 0.15) is 5.75 Å². The zero-order valence-corrected chi connectivity index (χ0v) is 11.9. The summed E-state index contributed by atoms with van der Waals surface area (Å²) in [6, 6.07) is 6.56. The second-order valence-corrected chi connectivity index (χ2v) is 4.33. The molecule has 0 atom stereocenters. The van der Waals surface area contributed by atoms with E-state index in [2.05, 4.69) is 14.7 Å². The summed E-state index contributed by atoms with van der Waals surface area (Å²) >= 11 is 0. The van der Waals surface area contributed by atoms with E-state index in [4.69, 9.17) is 4.74 Å². The molecule has 0 radical (unpaired) electrons. The highest BCUT2D eigenvalue weighted by Gasteiger charge is 2.10. The molecule has 0 aliphatic heterocycles. The van der Waals surface area contributed by atoms with E-state index in [1.807, 2.05) is 0 Å². The highest BCUT2D eigenvalue weighted by Crippen LogP contribution is 2.20. The molecule has 0 fully saturated rings. The number of rotatable bonds is 4. The Morgan fingerprint density at radius 3 is 2.14 bits per heavy atom. The number of methoxy groups -OCH3 is 1. The van der Waals surface area contributed by atoms with Crippen LogP contribution in [0.1, 0.15) is 32.1 Å². The van der Waals surface area contributed by atoms with Crippen molar-refractivity contribution in [2.24, 2.45) is 0 Å². The summed E-state index contributed by atoms with van der Waals surface area (Å²) in [5.41, 5.74) is 2.00. The van der Waals surface area contributed by atoms with Crippen LogP contribution >= 0.6 is 0 Å². The Kier molecular flexibility index (Phi) is 4.27. The minimum absolute atomic E-state index is 0.154. The summed E-state index contributed by atoms with van der Waals surface area (Å²) in [5, 5.41) is 0. The van der Waals surface area contributed by atoms with Crippen molar-refractivity contribution in [3.8, 4) is 11.8 Å². The third kappa shape index (κ3) is 3.22. The smallest absolute Gasteiger partial charge is 0.337 e. The number of nitrogens with zero attached hydrogens (tertiary/aromatic N) is 2. The van der Waals surface area contributed by atoms with Gasteiger partial charge >= 0.3 is 12.0 Å². The maximum atomic E-state index is 11.3. The zero-order chi connectivity index (χ0) is 15.4. The lowest BCUT2D eigenvalue weighted by Gasteiger charge is -2.08. The molecule has 0 N–H and O–H groups in total. The van der Waals surface area contributed by atoms with Crippen LogP contribution in [0.5, 0.6) is 11.8 Å². The molecule has 0 aliphatic rings. The van der Waals surface area contributed by atoms with Crippen molar-refractivity contribution in [3.63, 3.8) is 0 Å². The summed E-state index contributed by atoms with van der Waals surface area (Å²) in [6.07, 6.45) is 0.722. The average molecular weight is 286 g/mol. The molecular weight excluding hydrogens is 272 g/mol. The van der Waals surface area contributed by atoms with Crippen LogP contribution in [-0.2, 0) is 4.74 Å². The van der Waals surface area contributed by atoms with E-state index in [0.717, 1.165) is 6.29 Å². The predicted molar refractivity (Wildman–Crippen MR) is 74.7 cm³/mol. The summed E-state index contributed by atoms with van der Waals surface area (Å²) < 4.78 is 10.1. The molecule has 1 aromatic carbocycles. The second kappa shape index (κ2) is 6.13. The van der Waals surface area contributed by atoms with Crippen molar-refractivity contribution in [2.45, 2.75) is 13.8 Å². The lowest BCUT2D eigenvalue weighted by atomic mass is 10.2. The molecule has 0 saturated carbocycles. The normalized spacial score (nSPS) is 10.0. The van der Waals surface area contributed by atoms with Gasteiger partial charge in [-0.15, -0.1) is 0 Å². The Morgan fingerprint density at radius 1 is 1.10 bits per heavy atom. The van der Waals surface area contributed by atoms with Crippen LogP contribution in [0.4, 0.5) is 0 Å². The molecule has 6 heteroatoms. The summed E-state index contributed by atoms with van der Waals surface area (Å²) in [4.78, 5) is 30.4. The van der Waals surface area contributed by atoms with Crippen LogP contribution < -0.4 is 4.74 Å². The van der Waals surface area contributed by atoms with E-state index >= 15 is 0 Å². The number of carbonyl (C=O) groups excluding carboxylic acids is 2. The maximum absolute atomic E-state index is 11.3. The van der Waals surface area contributed by atoms with Gasteiger partial charge in [-0.05, 0) is 38.1 Å². The Balaban J connectivity index is 2.22. The van der Waals surface area contributed by atoms with Crippen LogP contribution in [0.25, 0.3) is 0 Å². The molecule has 108 valence electrons. The van der Waals surface area contributed by atoms with Gasteiger partial charge < -0.3 is 9.47 Å². The minimum Gasteiger partial charge on any atom is -0.465 e. The van der Waals surface area contributed by atoms with E-state index in [9.17, 15) is 9.59 Å². The van der Waals surface area contributed by atoms with E-state index in [1.165, 1.54) is 7.11 Å². The van der Waals surface area contributed by atoms with Crippen LogP contribution in [-0.4, -0.2) is 29.3 Å². The van der Waals surface area contributed by atoms with Crippen molar-refractivity contribution in [2.75, 3.05) is 7.11 Å². The molecule has 1 heterocycles. The molecule has 1 aromatic heterocycles. The Hall–Kier alpha value is -2.76. The van der Waals surface area contributed by atoms with Crippen LogP contribution in [0.15, 0.2) is 24.3 Å². The van der Waals surface area contributed by atoms with Crippen LogP contribution in [0, 0.1) is 13.8 Å². The molecular formula is C15H14N2O4. The number of benzene rings is 1. The standard InChI is InChI=1S/C15H14N2O4/c1-9-13(8-18)10(2)17-15(16-9)21-12-6-4-11(5-7-12)14(19)20-3/h4-8H,1-3H3. The number of aldehydes is 1. The number of esters is 1. The van der Waals surface area contributed by atoms with Gasteiger partial charge in [-0.1, -0.05) is 0 Å². The summed E-state index contributed by atoms with van der Waals surface area (Å²) in [6.45, 7) is 3.43. The average Bonchev–Trinajstić information content (AvgIpc) is 2.47. The molecule has 6 nitrogen and oxygen atoms in total. The van der Waals surface area contributed by atoms with Gasteiger partial charge in [0.25, 0.3) is 0 Å². The molecule has 0 saturated heterocycles. The largest absolute Gasteiger partial charge is 0.465 e. The lowest BCUT2D eigenvalue weighted by molar-refractivity contribution is 0.0600. The number of aryl methyl sites for hydroxylation is 2. The minimum atomic E-state index is -0.417. The zero-order valence-electron chi connectivity index (χ0n) is 11.9. The van der Waals surface area contributed by atoms with Gasteiger partial charge in [0.2, 0.25) is 0 Å². The SMILES string of the molecule is COC(=O)c1ccc(Oc2nc(C)c(C=O)c(C)n2)cc1. The first-order valence-corrected chi connectivity index (χ1v) is 6.21. The predicted octanol–water partition coefficient (Wildman–Crippen LogP) is 2.48. The molecule has 2 aromatic rings. The number of ether oxygens (including phenoxy) is 2. The highest BCUT2D eigenvalue weighted by molar-refractivity contribution is 5.89. The van der Waals surface area contributed by atoms with E-state index in [-0.39, 0.29) is 6.01 Å². The highest BCUT2D eigenvalue weighted by atomic mass is 16.5. The molecule has 0 aliphatic carbocycles. The van der Waals surface area contributed by atoms with Gasteiger partial charge in [0.15, 0.2) is 6.29 Å². The van der Waals surface area contributed by atoms with Crippen molar-refractivity contribution < 1.29 is 19.1 Å². The monoisotopic (exact) mass is 286 g/mol. The molecule has 0 bridgehead atoms. The third-order valence-electron chi connectivity index (χ3n) is 2.91. The van der Waals surface area contributed by atoms with Crippen molar-refractivity contribution in [1.82, 2.24) is 9.97 Å². The van der Waals surface area contributed by atoms with E-state index < -0.39 is 5.97 Å². The van der Waals surface area contributed by atoms with E-state index in [1.54, 1.807) is 38.1 Å². The summed E-state index contributed by atoms with van der Waals surface area (Å²) in [5.74, 6) is 0.0696. The van der Waals surface area contributed by atoms with Crippen molar-refractivity contribution in [3.05, 3.63) is 46.8 Å². The molecule has 0 amide bonds. The van der Waals surface area contributed by atoms with Crippen molar-refractivity contribution >= 4 is 12.3 Å². The Morgan fingerprint density at radius 2 is 1.67 bits per heavy atom. The number of hydrogen-bond donors (Lipinski definition) is 0. The van der Waals surface area contributed by atoms with E-state index in [0.29, 0.717) is 28.3 Å². The number of hydrogen-bond acceptors (Lipinski definition) is 6. The van der Waals surface area contributed by atoms with Crippen LogP contribution in [0.3, 0.4) is 0 Å². The third-order valence-corrected chi connectivity index (χ3v) is 2.91. The fourth-order valence-electron chi connectivity index (χ4n) is 1.79. The first-order valence-electron chi connectivity index (χ1n) is 6.21. The van der Waals surface area contributed by atoms with Gasteiger partial charge in [-0.25, -0.2) is 4.79 Å².